The first-order valence-corrected chi connectivity index (χ1v) is 9.51. The molecule has 2 amide bonds. The fraction of sp³-hybridized carbons (Fsp3) is 0.500. The molecule has 0 radical (unpaired) electrons. The van der Waals surface area contributed by atoms with Crippen LogP contribution in [-0.4, -0.2) is 53.7 Å². The number of likely N-dealkylation sites (tertiary alicyclic amines) is 1. The number of amides is 2. The quantitative estimate of drug-likeness (QED) is 0.864. The summed E-state index contributed by atoms with van der Waals surface area (Å²) in [7, 11) is 0. The topological polar surface area (TPSA) is 86.8 Å². The lowest BCUT2D eigenvalue weighted by atomic mass is 10.0. The molecule has 7 heteroatoms. The van der Waals surface area contributed by atoms with Gasteiger partial charge in [0.05, 0.1) is 18.0 Å². The summed E-state index contributed by atoms with van der Waals surface area (Å²) < 4.78 is 13.4. The third-order valence-corrected chi connectivity index (χ3v) is 5.43. The molecule has 2 N–H and O–H groups in total. The third kappa shape index (κ3) is 3.78. The maximum atomic E-state index is 12.5. The van der Waals surface area contributed by atoms with Crippen LogP contribution in [0, 0.1) is 5.92 Å². The number of primary amides is 1. The van der Waals surface area contributed by atoms with Gasteiger partial charge in [0.2, 0.25) is 11.8 Å². The van der Waals surface area contributed by atoms with Crippen LogP contribution in [0.4, 0.5) is 0 Å². The first-order chi connectivity index (χ1) is 13.1. The maximum absolute atomic E-state index is 12.5. The van der Waals surface area contributed by atoms with E-state index in [0.717, 1.165) is 49.0 Å². The molecule has 2 aliphatic heterocycles. The van der Waals surface area contributed by atoms with Gasteiger partial charge >= 0.3 is 0 Å². The van der Waals surface area contributed by atoms with E-state index in [1.54, 1.807) is 0 Å². The number of rotatable bonds is 5. The normalized spacial score (nSPS) is 20.9. The highest BCUT2D eigenvalue weighted by Crippen LogP contribution is 2.29. The van der Waals surface area contributed by atoms with Gasteiger partial charge in [-0.3, -0.25) is 9.59 Å². The number of nitrogens with two attached hydrogens (primary N) is 1. The molecule has 0 saturated carbocycles. The first kappa shape index (κ1) is 17.9. The summed E-state index contributed by atoms with van der Waals surface area (Å²) in [6.07, 6.45) is 4.40. The van der Waals surface area contributed by atoms with Crippen molar-refractivity contribution in [1.82, 2.24) is 9.47 Å². The van der Waals surface area contributed by atoms with Crippen molar-refractivity contribution in [2.75, 3.05) is 26.3 Å². The molecule has 0 aliphatic carbocycles. The Labute approximate surface area is 158 Å². The summed E-state index contributed by atoms with van der Waals surface area (Å²) in [5, 5.41) is 0.973. The Kier molecular flexibility index (Phi) is 5.03. The van der Waals surface area contributed by atoms with Crippen LogP contribution in [0.15, 0.2) is 30.5 Å². The Bertz CT molecular complexity index is 833. The second kappa shape index (κ2) is 7.60. The summed E-state index contributed by atoms with van der Waals surface area (Å²) in [4.78, 5) is 25.7. The van der Waals surface area contributed by atoms with Gasteiger partial charge in [-0.05, 0) is 24.6 Å². The Morgan fingerprint density at radius 2 is 2.00 bits per heavy atom. The van der Waals surface area contributed by atoms with Crippen LogP contribution in [0.5, 0.6) is 5.75 Å². The van der Waals surface area contributed by atoms with Crippen molar-refractivity contribution in [3.8, 4) is 5.75 Å². The molecule has 1 aromatic carbocycles. The molecule has 1 aromatic heterocycles. The van der Waals surface area contributed by atoms with Crippen LogP contribution in [-0.2, 0) is 20.9 Å². The molecule has 0 spiro atoms. The van der Waals surface area contributed by atoms with Gasteiger partial charge in [-0.25, -0.2) is 0 Å². The van der Waals surface area contributed by atoms with E-state index >= 15 is 0 Å². The Morgan fingerprint density at radius 1 is 1.19 bits per heavy atom. The molecule has 4 rings (SSSR count). The highest BCUT2D eigenvalue weighted by Gasteiger charge is 2.31. The number of benzene rings is 1. The molecule has 144 valence electrons. The van der Waals surface area contributed by atoms with Gasteiger partial charge in [-0.15, -0.1) is 0 Å². The lowest BCUT2D eigenvalue weighted by Crippen LogP contribution is -2.44. The molecule has 2 saturated heterocycles. The molecule has 2 aliphatic rings. The first-order valence-electron chi connectivity index (χ1n) is 9.51. The number of carbonyl (C=O) groups excluding carboxylic acids is 2. The van der Waals surface area contributed by atoms with E-state index in [2.05, 4.69) is 0 Å². The summed E-state index contributed by atoms with van der Waals surface area (Å²) in [6.45, 7) is 2.84. The zero-order chi connectivity index (χ0) is 18.8. The van der Waals surface area contributed by atoms with E-state index in [0.29, 0.717) is 13.2 Å². The summed E-state index contributed by atoms with van der Waals surface area (Å²) >= 11 is 0. The standard InChI is InChI=1S/C20H25N3O4/c21-19(24)12-23-10-6-16-17(23)2-1-3-18(16)27-15-4-8-22(9-5-15)20(25)14-7-11-26-13-14/h1-3,6,10,14-15H,4-5,7-9,11-13H2,(H2,21,24). The number of hydrogen-bond acceptors (Lipinski definition) is 4. The van der Waals surface area contributed by atoms with Crippen LogP contribution >= 0.6 is 0 Å². The SMILES string of the molecule is NC(=O)Cn1ccc2c(OC3CCN(C(=O)C4CCOC4)CC3)cccc21. The highest BCUT2D eigenvalue weighted by molar-refractivity contribution is 5.88. The van der Waals surface area contributed by atoms with Crippen molar-refractivity contribution in [2.45, 2.75) is 31.9 Å². The van der Waals surface area contributed by atoms with Crippen LogP contribution in [0.1, 0.15) is 19.3 Å². The number of aromatic nitrogens is 1. The second-order valence-corrected chi connectivity index (χ2v) is 7.30. The molecule has 0 bridgehead atoms. The summed E-state index contributed by atoms with van der Waals surface area (Å²) in [5.41, 5.74) is 6.24. The zero-order valence-corrected chi connectivity index (χ0v) is 15.3. The molecular weight excluding hydrogens is 346 g/mol. The lowest BCUT2D eigenvalue weighted by molar-refractivity contribution is -0.137. The van der Waals surface area contributed by atoms with Gasteiger partial charge in [-0.1, -0.05) is 6.07 Å². The largest absolute Gasteiger partial charge is 0.490 e. The Morgan fingerprint density at radius 3 is 2.70 bits per heavy atom. The number of ether oxygens (including phenoxy) is 2. The van der Waals surface area contributed by atoms with Crippen molar-refractivity contribution in [1.29, 1.82) is 0 Å². The van der Waals surface area contributed by atoms with Crippen molar-refractivity contribution >= 4 is 22.7 Å². The van der Waals surface area contributed by atoms with Crippen molar-refractivity contribution in [2.24, 2.45) is 11.7 Å². The van der Waals surface area contributed by atoms with E-state index in [4.69, 9.17) is 15.2 Å². The lowest BCUT2D eigenvalue weighted by Gasteiger charge is -2.33. The van der Waals surface area contributed by atoms with Gasteiger partial charge in [0.15, 0.2) is 0 Å². The molecule has 3 heterocycles. The monoisotopic (exact) mass is 371 g/mol. The van der Waals surface area contributed by atoms with E-state index in [1.165, 1.54) is 0 Å². The number of carbonyl (C=O) groups is 2. The van der Waals surface area contributed by atoms with E-state index in [1.807, 2.05) is 39.9 Å². The molecule has 7 nitrogen and oxygen atoms in total. The molecule has 1 atom stereocenters. The van der Waals surface area contributed by atoms with E-state index in [9.17, 15) is 9.59 Å². The minimum atomic E-state index is -0.372. The predicted molar refractivity (Wildman–Crippen MR) is 100 cm³/mol. The Hall–Kier alpha value is -2.54. The van der Waals surface area contributed by atoms with E-state index in [-0.39, 0.29) is 30.4 Å². The van der Waals surface area contributed by atoms with Crippen molar-refractivity contribution < 1.29 is 19.1 Å². The molecule has 1 unspecified atom stereocenters. The number of nitrogens with zero attached hydrogens (tertiary/aromatic N) is 2. The fourth-order valence-electron chi connectivity index (χ4n) is 3.96. The third-order valence-electron chi connectivity index (χ3n) is 5.43. The average molecular weight is 371 g/mol. The maximum Gasteiger partial charge on any atom is 0.237 e. The number of hydrogen-bond donors (Lipinski definition) is 1. The smallest absolute Gasteiger partial charge is 0.237 e. The van der Waals surface area contributed by atoms with Gasteiger partial charge < -0.3 is 24.7 Å². The zero-order valence-electron chi connectivity index (χ0n) is 15.3. The molecule has 2 aromatic rings. The minimum absolute atomic E-state index is 0.0289. The predicted octanol–water partition coefficient (Wildman–Crippen LogP) is 1.53. The van der Waals surface area contributed by atoms with Crippen LogP contribution in [0.2, 0.25) is 0 Å². The van der Waals surface area contributed by atoms with Crippen LogP contribution < -0.4 is 10.5 Å². The Balaban J connectivity index is 1.39. The fourth-order valence-corrected chi connectivity index (χ4v) is 3.96. The number of fused-ring (bicyclic) bond motifs is 1. The summed E-state index contributed by atoms with van der Waals surface area (Å²) in [6, 6.07) is 7.78. The van der Waals surface area contributed by atoms with Gasteiger partial charge in [-0.2, -0.15) is 0 Å². The highest BCUT2D eigenvalue weighted by atomic mass is 16.5. The number of piperidine rings is 1. The summed E-state index contributed by atoms with van der Waals surface area (Å²) in [5.74, 6) is 0.686. The van der Waals surface area contributed by atoms with E-state index < -0.39 is 0 Å². The van der Waals surface area contributed by atoms with Crippen molar-refractivity contribution in [3.63, 3.8) is 0 Å². The van der Waals surface area contributed by atoms with Gasteiger partial charge in [0, 0.05) is 44.1 Å². The molecular formula is C20H25N3O4. The van der Waals surface area contributed by atoms with Crippen molar-refractivity contribution in [3.05, 3.63) is 30.5 Å². The minimum Gasteiger partial charge on any atom is -0.490 e. The van der Waals surface area contributed by atoms with Gasteiger partial charge in [0.1, 0.15) is 18.4 Å². The molecule has 27 heavy (non-hydrogen) atoms. The van der Waals surface area contributed by atoms with Crippen LogP contribution in [0.3, 0.4) is 0 Å². The average Bonchev–Trinajstić information content (AvgIpc) is 3.33. The molecule has 2 fully saturated rings. The van der Waals surface area contributed by atoms with Crippen LogP contribution in [0.25, 0.3) is 10.9 Å². The second-order valence-electron chi connectivity index (χ2n) is 7.30. The van der Waals surface area contributed by atoms with Gasteiger partial charge in [0.25, 0.3) is 0 Å².